The lowest BCUT2D eigenvalue weighted by Gasteiger charge is -2.02. The predicted octanol–water partition coefficient (Wildman–Crippen LogP) is 3.57. The third-order valence-corrected chi connectivity index (χ3v) is 2.67. The Hall–Kier alpha value is -3.13. The van der Waals surface area contributed by atoms with Gasteiger partial charge in [-0.25, -0.2) is 0 Å². The monoisotopic (exact) mass is 265 g/mol. The van der Waals surface area contributed by atoms with E-state index in [2.05, 4.69) is 11.4 Å². The zero-order chi connectivity index (χ0) is 14.4. The summed E-state index contributed by atoms with van der Waals surface area (Å²) in [5.74, 6) is 0. The van der Waals surface area contributed by atoms with E-state index in [1.165, 1.54) is 12.1 Å². The van der Waals surface area contributed by atoms with Crippen molar-refractivity contribution in [3.8, 4) is 6.07 Å². The number of nitro benzene ring substituents is 1. The van der Waals surface area contributed by atoms with Crippen LogP contribution < -0.4 is 5.32 Å². The van der Waals surface area contributed by atoms with Crippen LogP contribution in [0.4, 0.5) is 11.4 Å². The summed E-state index contributed by atoms with van der Waals surface area (Å²) in [6.45, 7) is 0. The summed E-state index contributed by atoms with van der Waals surface area (Å²) in [5.41, 5.74) is 1.90. The molecular weight excluding hydrogens is 254 g/mol. The fourth-order valence-corrected chi connectivity index (χ4v) is 1.63. The van der Waals surface area contributed by atoms with Gasteiger partial charge in [0.25, 0.3) is 5.69 Å². The highest BCUT2D eigenvalue weighted by Crippen LogP contribution is 2.18. The number of allylic oxidation sites excluding steroid dienone is 1. The number of nitrogens with one attached hydrogen (secondary N) is 1. The number of benzene rings is 2. The Labute approximate surface area is 115 Å². The summed E-state index contributed by atoms with van der Waals surface area (Å²) in [6, 6.07) is 17.4. The lowest BCUT2D eigenvalue weighted by atomic mass is 10.1. The van der Waals surface area contributed by atoms with Crippen LogP contribution in [0.3, 0.4) is 0 Å². The molecule has 0 aliphatic heterocycles. The Balaban J connectivity index is 2.20. The van der Waals surface area contributed by atoms with Crippen molar-refractivity contribution in [1.82, 2.24) is 0 Å². The first-order valence-electron chi connectivity index (χ1n) is 5.87. The van der Waals surface area contributed by atoms with Gasteiger partial charge < -0.3 is 5.32 Å². The lowest BCUT2D eigenvalue weighted by molar-refractivity contribution is -0.384. The molecule has 0 amide bonds. The summed E-state index contributed by atoms with van der Waals surface area (Å²) in [5, 5.41) is 22.7. The van der Waals surface area contributed by atoms with E-state index in [0.717, 1.165) is 5.69 Å². The average Bonchev–Trinajstić information content (AvgIpc) is 2.49. The highest BCUT2D eigenvalue weighted by Gasteiger charge is 2.06. The standard InChI is InChI=1S/C15H11N3O2/c16-10-13(11-17-14-4-2-1-3-5-14)12-6-8-15(9-7-12)18(19)20/h1-9,11,17H/b13-11+. The van der Waals surface area contributed by atoms with Gasteiger partial charge >= 0.3 is 0 Å². The molecule has 0 fully saturated rings. The van der Waals surface area contributed by atoms with Gasteiger partial charge in [0.05, 0.1) is 10.5 Å². The molecule has 0 heterocycles. The number of nitro groups is 1. The summed E-state index contributed by atoms with van der Waals surface area (Å²) >= 11 is 0. The van der Waals surface area contributed by atoms with Gasteiger partial charge in [0, 0.05) is 24.0 Å². The Bertz CT molecular complexity index is 671. The number of anilines is 1. The van der Waals surface area contributed by atoms with Crippen molar-refractivity contribution < 1.29 is 4.92 Å². The van der Waals surface area contributed by atoms with Gasteiger partial charge in [-0.3, -0.25) is 10.1 Å². The van der Waals surface area contributed by atoms with E-state index in [9.17, 15) is 10.1 Å². The van der Waals surface area contributed by atoms with Crippen LogP contribution in [-0.4, -0.2) is 4.92 Å². The zero-order valence-corrected chi connectivity index (χ0v) is 10.5. The van der Waals surface area contributed by atoms with E-state index in [-0.39, 0.29) is 5.69 Å². The molecule has 0 saturated heterocycles. The van der Waals surface area contributed by atoms with Crippen molar-refractivity contribution in [1.29, 1.82) is 5.26 Å². The normalized spacial score (nSPS) is 10.7. The number of para-hydroxylation sites is 1. The Morgan fingerprint density at radius 3 is 2.35 bits per heavy atom. The molecule has 0 aromatic heterocycles. The first-order chi connectivity index (χ1) is 9.70. The van der Waals surface area contributed by atoms with Gasteiger partial charge in [-0.05, 0) is 29.8 Å². The molecule has 20 heavy (non-hydrogen) atoms. The summed E-state index contributed by atoms with van der Waals surface area (Å²) < 4.78 is 0. The summed E-state index contributed by atoms with van der Waals surface area (Å²) in [4.78, 5) is 10.1. The maximum Gasteiger partial charge on any atom is 0.269 e. The fourth-order valence-electron chi connectivity index (χ4n) is 1.63. The van der Waals surface area contributed by atoms with Crippen LogP contribution in [0.5, 0.6) is 0 Å². The second-order valence-electron chi connectivity index (χ2n) is 3.98. The van der Waals surface area contributed by atoms with Crippen LogP contribution in [0.1, 0.15) is 5.56 Å². The molecule has 1 N–H and O–H groups in total. The SMILES string of the molecule is N#C/C(=C\Nc1ccccc1)c1ccc([N+](=O)[O-])cc1. The molecule has 0 atom stereocenters. The molecule has 2 aromatic carbocycles. The third-order valence-electron chi connectivity index (χ3n) is 2.67. The summed E-state index contributed by atoms with van der Waals surface area (Å²) in [6.07, 6.45) is 1.58. The molecule has 2 aromatic rings. The molecule has 0 bridgehead atoms. The van der Waals surface area contributed by atoms with Gasteiger partial charge in [0.2, 0.25) is 0 Å². The molecule has 0 radical (unpaired) electrons. The third kappa shape index (κ3) is 3.21. The number of hydrogen-bond donors (Lipinski definition) is 1. The van der Waals surface area contributed by atoms with E-state index in [1.807, 2.05) is 30.3 Å². The van der Waals surface area contributed by atoms with Gasteiger partial charge in [-0.1, -0.05) is 18.2 Å². The van der Waals surface area contributed by atoms with Crippen LogP contribution in [0.15, 0.2) is 60.8 Å². The number of nitriles is 1. The molecule has 0 unspecified atom stereocenters. The molecule has 0 aliphatic carbocycles. The van der Waals surface area contributed by atoms with E-state index < -0.39 is 4.92 Å². The molecule has 5 nitrogen and oxygen atoms in total. The van der Waals surface area contributed by atoms with E-state index in [4.69, 9.17) is 5.26 Å². The smallest absolute Gasteiger partial charge is 0.269 e. The minimum atomic E-state index is -0.470. The van der Waals surface area contributed by atoms with Crippen molar-refractivity contribution >= 4 is 16.9 Å². The molecule has 0 spiro atoms. The van der Waals surface area contributed by atoms with Crippen molar-refractivity contribution in [2.24, 2.45) is 0 Å². The van der Waals surface area contributed by atoms with Crippen LogP contribution in [0.2, 0.25) is 0 Å². The Morgan fingerprint density at radius 2 is 1.80 bits per heavy atom. The molecule has 5 heteroatoms. The molecule has 0 aliphatic rings. The maximum atomic E-state index is 10.6. The maximum absolute atomic E-state index is 10.6. The minimum Gasteiger partial charge on any atom is -0.360 e. The lowest BCUT2D eigenvalue weighted by Crippen LogP contribution is -1.92. The first-order valence-corrected chi connectivity index (χ1v) is 5.87. The van der Waals surface area contributed by atoms with Gasteiger partial charge in [0.1, 0.15) is 6.07 Å². The number of hydrogen-bond acceptors (Lipinski definition) is 4. The average molecular weight is 265 g/mol. The summed E-state index contributed by atoms with van der Waals surface area (Å²) in [7, 11) is 0. The number of non-ortho nitro benzene ring substituents is 1. The second-order valence-corrected chi connectivity index (χ2v) is 3.98. The van der Waals surface area contributed by atoms with E-state index in [1.54, 1.807) is 18.3 Å². The number of nitrogens with zero attached hydrogens (tertiary/aromatic N) is 2. The molecular formula is C15H11N3O2. The van der Waals surface area contributed by atoms with Crippen molar-refractivity contribution in [2.45, 2.75) is 0 Å². The Morgan fingerprint density at radius 1 is 1.15 bits per heavy atom. The van der Waals surface area contributed by atoms with E-state index in [0.29, 0.717) is 11.1 Å². The molecule has 98 valence electrons. The van der Waals surface area contributed by atoms with Crippen molar-refractivity contribution in [2.75, 3.05) is 5.32 Å². The quantitative estimate of drug-likeness (QED) is 0.520. The van der Waals surface area contributed by atoms with Crippen LogP contribution in [0.25, 0.3) is 5.57 Å². The van der Waals surface area contributed by atoms with Crippen LogP contribution >= 0.6 is 0 Å². The fraction of sp³-hybridized carbons (Fsp3) is 0. The largest absolute Gasteiger partial charge is 0.360 e. The Kier molecular flexibility index (Phi) is 4.10. The van der Waals surface area contributed by atoms with Gasteiger partial charge in [-0.2, -0.15) is 5.26 Å². The second kappa shape index (κ2) is 6.16. The zero-order valence-electron chi connectivity index (χ0n) is 10.5. The highest BCUT2D eigenvalue weighted by atomic mass is 16.6. The number of rotatable bonds is 4. The van der Waals surface area contributed by atoms with Crippen molar-refractivity contribution in [3.63, 3.8) is 0 Å². The van der Waals surface area contributed by atoms with Crippen LogP contribution in [-0.2, 0) is 0 Å². The minimum absolute atomic E-state index is 0.00191. The molecule has 0 saturated carbocycles. The van der Waals surface area contributed by atoms with Gasteiger partial charge in [-0.15, -0.1) is 0 Å². The topological polar surface area (TPSA) is 79.0 Å². The van der Waals surface area contributed by atoms with Gasteiger partial charge in [0.15, 0.2) is 0 Å². The highest BCUT2D eigenvalue weighted by molar-refractivity contribution is 5.78. The predicted molar refractivity (Wildman–Crippen MR) is 76.8 cm³/mol. The van der Waals surface area contributed by atoms with Crippen molar-refractivity contribution in [3.05, 3.63) is 76.5 Å². The van der Waals surface area contributed by atoms with Crippen LogP contribution in [0, 0.1) is 21.4 Å². The molecule has 2 rings (SSSR count). The first kappa shape index (κ1) is 13.3. The van der Waals surface area contributed by atoms with E-state index >= 15 is 0 Å².